The normalized spacial score (nSPS) is 11.0. The third-order valence-corrected chi connectivity index (χ3v) is 3.42. The Labute approximate surface area is 140 Å². The van der Waals surface area contributed by atoms with Crippen molar-refractivity contribution in [3.8, 4) is 17.2 Å². The van der Waals surface area contributed by atoms with Crippen LogP contribution in [-0.2, 0) is 11.2 Å². The highest BCUT2D eigenvalue weighted by Gasteiger charge is 2.09. The first kappa shape index (κ1) is 17.3. The molecule has 126 valence electrons. The number of carbonyl (C=O) groups is 1. The average Bonchev–Trinajstić information content (AvgIpc) is 2.59. The fraction of sp³-hybridized carbons (Fsp3) is 0.222. The molecule has 0 atom stereocenters. The number of methoxy groups -OCH3 is 2. The van der Waals surface area contributed by atoms with Gasteiger partial charge in [-0.15, -0.1) is 0 Å². The number of phenolic OH excluding ortho intramolecular Hbond substituents is 1. The van der Waals surface area contributed by atoms with Crippen LogP contribution in [0.5, 0.6) is 17.2 Å². The summed E-state index contributed by atoms with van der Waals surface area (Å²) in [6.45, 7) is 1.75. The lowest BCUT2D eigenvalue weighted by molar-refractivity contribution is -0.120. The largest absolute Gasteiger partial charge is 0.508 e. The summed E-state index contributed by atoms with van der Waals surface area (Å²) in [4.78, 5) is 12.0. The number of nitrogens with one attached hydrogen (secondary N) is 1. The Morgan fingerprint density at radius 1 is 1.17 bits per heavy atom. The van der Waals surface area contributed by atoms with Gasteiger partial charge >= 0.3 is 0 Å². The molecule has 0 aliphatic heterocycles. The van der Waals surface area contributed by atoms with E-state index in [9.17, 15) is 9.90 Å². The molecule has 0 aliphatic rings. The molecule has 0 saturated carbocycles. The summed E-state index contributed by atoms with van der Waals surface area (Å²) in [5.41, 5.74) is 4.62. The van der Waals surface area contributed by atoms with E-state index in [0.717, 1.165) is 5.56 Å². The topological polar surface area (TPSA) is 80.2 Å². The summed E-state index contributed by atoms with van der Waals surface area (Å²) in [5.74, 6) is 1.05. The Morgan fingerprint density at radius 2 is 1.96 bits per heavy atom. The zero-order chi connectivity index (χ0) is 17.5. The van der Waals surface area contributed by atoms with Crippen molar-refractivity contribution in [1.29, 1.82) is 0 Å². The third-order valence-electron chi connectivity index (χ3n) is 3.42. The van der Waals surface area contributed by atoms with Crippen LogP contribution < -0.4 is 14.9 Å². The summed E-state index contributed by atoms with van der Waals surface area (Å²) in [7, 11) is 3.09. The average molecular weight is 328 g/mol. The fourth-order valence-electron chi connectivity index (χ4n) is 2.19. The van der Waals surface area contributed by atoms with E-state index in [-0.39, 0.29) is 18.1 Å². The molecule has 0 saturated heterocycles. The van der Waals surface area contributed by atoms with Crippen molar-refractivity contribution in [2.75, 3.05) is 14.2 Å². The van der Waals surface area contributed by atoms with Gasteiger partial charge in [0.1, 0.15) is 17.2 Å². The SMILES string of the molecule is COc1cccc(CC(=O)N/N=C(/C)c2ccc(O)cc2OC)c1. The van der Waals surface area contributed by atoms with Gasteiger partial charge in [0.2, 0.25) is 5.91 Å². The molecule has 2 aromatic rings. The van der Waals surface area contributed by atoms with Crippen LogP contribution in [0.25, 0.3) is 0 Å². The van der Waals surface area contributed by atoms with E-state index in [1.807, 2.05) is 18.2 Å². The molecule has 0 heterocycles. The van der Waals surface area contributed by atoms with E-state index >= 15 is 0 Å². The van der Waals surface area contributed by atoms with Crippen LogP contribution in [-0.4, -0.2) is 30.9 Å². The zero-order valence-corrected chi connectivity index (χ0v) is 13.9. The van der Waals surface area contributed by atoms with E-state index in [1.165, 1.54) is 19.2 Å². The van der Waals surface area contributed by atoms with Crippen molar-refractivity contribution in [3.05, 3.63) is 53.6 Å². The molecule has 1 amide bonds. The zero-order valence-electron chi connectivity index (χ0n) is 13.9. The summed E-state index contributed by atoms with van der Waals surface area (Å²) in [5, 5.41) is 13.6. The number of carbonyl (C=O) groups excluding carboxylic acids is 1. The van der Waals surface area contributed by atoms with E-state index in [0.29, 0.717) is 22.8 Å². The predicted molar refractivity (Wildman–Crippen MR) is 91.7 cm³/mol. The smallest absolute Gasteiger partial charge is 0.244 e. The second kappa shape index (κ2) is 8.01. The molecule has 24 heavy (non-hydrogen) atoms. The third kappa shape index (κ3) is 4.49. The van der Waals surface area contributed by atoms with Crippen LogP contribution >= 0.6 is 0 Å². The van der Waals surface area contributed by atoms with Gasteiger partial charge in [0, 0.05) is 11.6 Å². The molecule has 0 unspecified atom stereocenters. The number of hydrogen-bond acceptors (Lipinski definition) is 5. The predicted octanol–water partition coefficient (Wildman–Crippen LogP) is 2.49. The summed E-state index contributed by atoms with van der Waals surface area (Å²) < 4.78 is 10.3. The van der Waals surface area contributed by atoms with Crippen LogP contribution in [0.1, 0.15) is 18.1 Å². The van der Waals surface area contributed by atoms with Gasteiger partial charge in [0.05, 0.1) is 26.4 Å². The quantitative estimate of drug-likeness (QED) is 0.631. The second-order valence-corrected chi connectivity index (χ2v) is 5.15. The second-order valence-electron chi connectivity index (χ2n) is 5.15. The number of amides is 1. The Morgan fingerprint density at radius 3 is 2.67 bits per heavy atom. The highest BCUT2D eigenvalue weighted by atomic mass is 16.5. The van der Waals surface area contributed by atoms with Gasteiger partial charge in [-0.1, -0.05) is 12.1 Å². The number of hydrazone groups is 1. The van der Waals surface area contributed by atoms with Crippen LogP contribution in [0, 0.1) is 0 Å². The lowest BCUT2D eigenvalue weighted by Crippen LogP contribution is -2.21. The molecular formula is C18H20N2O4. The number of ether oxygens (including phenoxy) is 2. The van der Waals surface area contributed by atoms with Gasteiger partial charge in [0.25, 0.3) is 0 Å². The molecule has 2 rings (SSSR count). The van der Waals surface area contributed by atoms with Gasteiger partial charge in [-0.05, 0) is 36.8 Å². The molecule has 0 radical (unpaired) electrons. The number of benzene rings is 2. The van der Waals surface area contributed by atoms with Crippen molar-refractivity contribution in [2.45, 2.75) is 13.3 Å². The van der Waals surface area contributed by atoms with E-state index in [4.69, 9.17) is 9.47 Å². The number of rotatable bonds is 6. The number of nitrogens with zero attached hydrogens (tertiary/aromatic N) is 1. The number of hydrogen-bond donors (Lipinski definition) is 2. The van der Waals surface area contributed by atoms with E-state index in [2.05, 4.69) is 10.5 Å². The lowest BCUT2D eigenvalue weighted by Gasteiger charge is -2.09. The van der Waals surface area contributed by atoms with Crippen LogP contribution in [0.4, 0.5) is 0 Å². The molecule has 0 aliphatic carbocycles. The first-order valence-electron chi connectivity index (χ1n) is 7.37. The van der Waals surface area contributed by atoms with Crippen molar-refractivity contribution in [1.82, 2.24) is 5.43 Å². The molecule has 2 aromatic carbocycles. The van der Waals surface area contributed by atoms with Gasteiger partial charge < -0.3 is 14.6 Å². The van der Waals surface area contributed by atoms with Crippen LogP contribution in [0.3, 0.4) is 0 Å². The Kier molecular flexibility index (Phi) is 5.78. The van der Waals surface area contributed by atoms with E-state index in [1.54, 1.807) is 26.2 Å². The summed E-state index contributed by atoms with van der Waals surface area (Å²) >= 11 is 0. The maximum absolute atomic E-state index is 12.0. The molecule has 0 bridgehead atoms. The van der Waals surface area contributed by atoms with Crippen LogP contribution in [0.15, 0.2) is 47.6 Å². The maximum Gasteiger partial charge on any atom is 0.244 e. The minimum Gasteiger partial charge on any atom is -0.508 e. The van der Waals surface area contributed by atoms with Gasteiger partial charge in [0.15, 0.2) is 0 Å². The van der Waals surface area contributed by atoms with Gasteiger partial charge in [-0.25, -0.2) is 5.43 Å². The highest BCUT2D eigenvalue weighted by molar-refractivity contribution is 6.01. The van der Waals surface area contributed by atoms with Crippen molar-refractivity contribution in [3.63, 3.8) is 0 Å². The minimum absolute atomic E-state index is 0.102. The number of aromatic hydroxyl groups is 1. The van der Waals surface area contributed by atoms with Gasteiger partial charge in [-0.2, -0.15) is 5.10 Å². The molecule has 0 spiro atoms. The first-order chi connectivity index (χ1) is 11.5. The molecular weight excluding hydrogens is 308 g/mol. The summed E-state index contributed by atoms with van der Waals surface area (Å²) in [6.07, 6.45) is 0.195. The first-order valence-corrected chi connectivity index (χ1v) is 7.37. The molecule has 2 N–H and O–H groups in total. The molecule has 6 heteroatoms. The lowest BCUT2D eigenvalue weighted by atomic mass is 10.1. The Balaban J connectivity index is 2.05. The van der Waals surface area contributed by atoms with Crippen molar-refractivity contribution in [2.24, 2.45) is 5.10 Å². The fourth-order valence-corrected chi connectivity index (χ4v) is 2.19. The summed E-state index contributed by atoms with van der Waals surface area (Å²) in [6, 6.07) is 12.0. The number of phenols is 1. The Hall–Kier alpha value is -3.02. The standard InChI is InChI=1S/C18H20N2O4/c1-12(16-8-7-14(21)11-17(16)24-3)19-20-18(22)10-13-5-4-6-15(9-13)23-2/h4-9,11,21H,10H2,1-3H3,(H,20,22)/b19-12-. The molecule has 0 fully saturated rings. The highest BCUT2D eigenvalue weighted by Crippen LogP contribution is 2.24. The van der Waals surface area contributed by atoms with Crippen LogP contribution in [0.2, 0.25) is 0 Å². The van der Waals surface area contributed by atoms with Crippen molar-refractivity contribution < 1.29 is 19.4 Å². The molecule has 6 nitrogen and oxygen atoms in total. The molecule has 0 aromatic heterocycles. The van der Waals surface area contributed by atoms with E-state index < -0.39 is 0 Å². The monoisotopic (exact) mass is 328 g/mol. The maximum atomic E-state index is 12.0. The van der Waals surface area contributed by atoms with Crippen molar-refractivity contribution >= 4 is 11.6 Å². The van der Waals surface area contributed by atoms with Gasteiger partial charge in [-0.3, -0.25) is 4.79 Å². The minimum atomic E-state index is -0.236. The Bertz CT molecular complexity index is 756.